The molecule has 1 saturated heterocycles. The molecule has 2 aromatic rings. The Kier molecular flexibility index (Phi) is 13.5. The SMILES string of the molecule is C=N/C=C\C=C(/C)N1CCN(C[C@]2(OC)/C=C/C[C@H](C)[C@@H](C)S(=O)(=O)NC(=O)c3ccc4c(c3)N(CCCCc3cc(Cl)ccc3CO4)C[C@@H]3CC[C@H]32)CC1. The maximum Gasteiger partial charge on any atom is 0.264 e. The van der Waals surface area contributed by atoms with Gasteiger partial charge in [0.25, 0.3) is 5.91 Å². The molecule has 3 heterocycles. The smallest absolute Gasteiger partial charge is 0.264 e. The molecule has 1 amide bonds. The largest absolute Gasteiger partial charge is 0.487 e. The quantitative estimate of drug-likeness (QED) is 0.186. The number of hydrogen-bond donors (Lipinski definition) is 1. The molecule has 0 unspecified atom stereocenters. The van der Waals surface area contributed by atoms with Gasteiger partial charge in [-0.15, -0.1) is 0 Å². The average Bonchev–Trinajstić information content (AvgIpc) is 3.19. The van der Waals surface area contributed by atoms with Crippen LogP contribution in [0.2, 0.25) is 5.02 Å². The monoisotopic (exact) mass is 791 g/mol. The molecule has 2 bridgehead atoms. The van der Waals surface area contributed by atoms with E-state index < -0.39 is 26.8 Å². The third-order valence-corrected chi connectivity index (χ3v) is 14.6. The van der Waals surface area contributed by atoms with Gasteiger partial charge in [-0.2, -0.15) is 0 Å². The van der Waals surface area contributed by atoms with Crippen molar-refractivity contribution in [3.8, 4) is 5.75 Å². The number of ether oxygens (including phenoxy) is 2. The summed E-state index contributed by atoms with van der Waals surface area (Å²) in [6.07, 6.45) is 15.5. The van der Waals surface area contributed by atoms with Crippen molar-refractivity contribution >= 4 is 39.9 Å². The van der Waals surface area contributed by atoms with Crippen LogP contribution in [-0.4, -0.2) is 94.6 Å². The lowest BCUT2D eigenvalue weighted by atomic mass is 9.63. The first-order chi connectivity index (χ1) is 26.4. The fourth-order valence-electron chi connectivity index (χ4n) is 8.59. The number of aryl methyl sites for hydroxylation is 1. The van der Waals surface area contributed by atoms with E-state index in [0.29, 0.717) is 35.3 Å². The number of aliphatic imine (C=N–C) groups is 1. The maximum absolute atomic E-state index is 13.6. The van der Waals surface area contributed by atoms with E-state index in [1.807, 2.05) is 50.4 Å². The van der Waals surface area contributed by atoms with Crippen LogP contribution in [0, 0.1) is 17.8 Å². The summed E-state index contributed by atoms with van der Waals surface area (Å²) in [6.45, 7) is 15.5. The Labute approximate surface area is 333 Å². The minimum Gasteiger partial charge on any atom is -0.487 e. The number of carbonyl (C=O) groups excluding carboxylic acids is 1. The zero-order chi connectivity index (χ0) is 39.2. The van der Waals surface area contributed by atoms with Crippen LogP contribution in [0.4, 0.5) is 5.69 Å². The molecule has 0 radical (unpaired) electrons. The standard InChI is InChI=1S/C43H58ClN5O5S/c1-31-10-8-19-43(53-5,30-47-22-24-48(25-23-47)32(2)11-9-20-45-4)39-17-14-36(39)28-49-21-7-6-12-34-26-38(44)16-13-37(34)29-54-41-18-15-35(27-40(41)49)42(50)46-55(51,52)33(31)3/h8-9,11,13,15-16,18-20,26-27,31,33,36,39H,4,6-7,10,12,14,17,21-25,28-30H2,1-3,5H3,(H,46,50)/b19-8+,20-9-,32-11+/t31-,33+,36-,39+,43+/m0/s1. The molecule has 4 aliphatic rings. The predicted octanol–water partition coefficient (Wildman–Crippen LogP) is 7.25. The third kappa shape index (κ3) is 9.67. The highest BCUT2D eigenvalue weighted by molar-refractivity contribution is 7.90. The average molecular weight is 792 g/mol. The summed E-state index contributed by atoms with van der Waals surface area (Å²) >= 11 is 6.41. The van der Waals surface area contributed by atoms with E-state index in [1.54, 1.807) is 19.2 Å². The number of nitrogens with zero attached hydrogens (tertiary/aromatic N) is 4. The Morgan fingerprint density at radius 2 is 1.89 bits per heavy atom. The Balaban J connectivity index is 1.34. The lowest BCUT2D eigenvalue weighted by Gasteiger charge is -2.52. The highest BCUT2D eigenvalue weighted by Crippen LogP contribution is 2.47. The predicted molar refractivity (Wildman–Crippen MR) is 223 cm³/mol. The highest BCUT2D eigenvalue weighted by atomic mass is 35.5. The molecule has 298 valence electrons. The van der Waals surface area contributed by atoms with Crippen molar-refractivity contribution in [2.45, 2.75) is 76.8 Å². The molecule has 1 saturated carbocycles. The number of allylic oxidation sites excluding steroid dienone is 4. The van der Waals surface area contributed by atoms with Gasteiger partial charge in [0.05, 0.1) is 10.9 Å². The zero-order valence-electron chi connectivity index (χ0n) is 32.9. The van der Waals surface area contributed by atoms with Crippen LogP contribution in [0.3, 0.4) is 0 Å². The van der Waals surface area contributed by atoms with Crippen molar-refractivity contribution in [1.29, 1.82) is 0 Å². The van der Waals surface area contributed by atoms with Crippen molar-refractivity contribution in [3.05, 3.63) is 94.3 Å². The van der Waals surface area contributed by atoms with Crippen LogP contribution in [0.25, 0.3) is 0 Å². The van der Waals surface area contributed by atoms with Crippen molar-refractivity contribution in [2.75, 3.05) is 57.8 Å². The fraction of sp³-hybridized carbons (Fsp3) is 0.535. The summed E-state index contributed by atoms with van der Waals surface area (Å²) in [5, 5.41) is -0.0819. The topological polar surface area (TPSA) is 104 Å². The van der Waals surface area contributed by atoms with Crippen LogP contribution in [0.1, 0.15) is 74.4 Å². The van der Waals surface area contributed by atoms with Crippen molar-refractivity contribution in [2.24, 2.45) is 22.7 Å². The van der Waals surface area contributed by atoms with Gasteiger partial charge in [0.1, 0.15) is 18.0 Å². The normalized spacial score (nSPS) is 28.8. The number of piperazine rings is 1. The Morgan fingerprint density at radius 3 is 2.62 bits per heavy atom. The van der Waals surface area contributed by atoms with Crippen molar-refractivity contribution in [1.82, 2.24) is 14.5 Å². The van der Waals surface area contributed by atoms with E-state index in [2.05, 4.69) is 56.3 Å². The number of benzene rings is 2. The van der Waals surface area contributed by atoms with Crippen LogP contribution in [0.5, 0.6) is 5.75 Å². The van der Waals surface area contributed by atoms with Gasteiger partial charge in [0, 0.05) is 75.4 Å². The van der Waals surface area contributed by atoms with Gasteiger partial charge in [0.2, 0.25) is 10.0 Å². The number of methoxy groups -OCH3 is 1. The van der Waals surface area contributed by atoms with Gasteiger partial charge >= 0.3 is 0 Å². The number of fused-ring (bicyclic) bond motifs is 3. The molecule has 12 heteroatoms. The lowest BCUT2D eigenvalue weighted by molar-refractivity contribution is -0.0947. The van der Waals surface area contributed by atoms with Crippen LogP contribution in [-0.2, 0) is 27.8 Å². The summed E-state index contributed by atoms with van der Waals surface area (Å²) < 4.78 is 42.9. The molecule has 5 atom stereocenters. The van der Waals surface area contributed by atoms with Crippen LogP contribution >= 0.6 is 11.6 Å². The van der Waals surface area contributed by atoms with Gasteiger partial charge in [-0.1, -0.05) is 36.7 Å². The Bertz CT molecular complexity index is 1890. The molecule has 0 spiro atoms. The van der Waals surface area contributed by atoms with Gasteiger partial charge in [-0.05, 0) is 130 Å². The third-order valence-electron chi connectivity index (χ3n) is 12.4. The first kappa shape index (κ1) is 41.0. The maximum atomic E-state index is 13.6. The molecular weight excluding hydrogens is 734 g/mol. The van der Waals surface area contributed by atoms with E-state index in [1.165, 1.54) is 11.3 Å². The van der Waals surface area contributed by atoms with Crippen molar-refractivity contribution in [3.63, 3.8) is 0 Å². The number of nitrogens with one attached hydrogen (secondary N) is 1. The van der Waals surface area contributed by atoms with Gasteiger partial charge in [0.15, 0.2) is 0 Å². The summed E-state index contributed by atoms with van der Waals surface area (Å²) in [6, 6.07) is 11.3. The minimum atomic E-state index is -3.97. The molecule has 0 aromatic heterocycles. The van der Waals surface area contributed by atoms with E-state index in [4.69, 9.17) is 21.1 Å². The van der Waals surface area contributed by atoms with E-state index in [0.717, 1.165) is 89.2 Å². The number of sulfonamides is 1. The second kappa shape index (κ2) is 18.1. The number of rotatable bonds is 6. The van der Waals surface area contributed by atoms with Gasteiger partial charge < -0.3 is 19.3 Å². The van der Waals surface area contributed by atoms with E-state index in [-0.39, 0.29) is 11.8 Å². The molecule has 55 heavy (non-hydrogen) atoms. The summed E-state index contributed by atoms with van der Waals surface area (Å²) in [5.41, 5.74) is 4.01. The molecule has 10 nitrogen and oxygen atoms in total. The second-order valence-corrected chi connectivity index (χ2v) is 18.3. The minimum absolute atomic E-state index is 0.237. The molecule has 2 fully saturated rings. The van der Waals surface area contributed by atoms with Gasteiger partial charge in [-0.25, -0.2) is 13.1 Å². The van der Waals surface area contributed by atoms with Crippen molar-refractivity contribution < 1.29 is 22.7 Å². The van der Waals surface area contributed by atoms with Crippen LogP contribution < -0.4 is 14.4 Å². The van der Waals surface area contributed by atoms with E-state index in [9.17, 15) is 13.2 Å². The van der Waals surface area contributed by atoms with Crippen LogP contribution in [0.15, 0.2) is 77.6 Å². The first-order valence-electron chi connectivity index (χ1n) is 19.8. The fourth-order valence-corrected chi connectivity index (χ4v) is 10.1. The number of anilines is 1. The lowest BCUT2D eigenvalue weighted by Crippen LogP contribution is -2.58. The molecule has 2 aromatic carbocycles. The van der Waals surface area contributed by atoms with E-state index >= 15 is 0 Å². The Hall–Kier alpha value is -3.64. The number of amides is 1. The summed E-state index contributed by atoms with van der Waals surface area (Å²) in [7, 11) is -2.14. The number of carbonyl (C=O) groups is 1. The first-order valence-corrected chi connectivity index (χ1v) is 21.7. The molecular formula is C43H58ClN5O5S. The molecule has 1 aliphatic carbocycles. The number of hydrogen-bond acceptors (Lipinski definition) is 9. The molecule has 1 N–H and O–H groups in total. The molecule has 3 aliphatic heterocycles. The second-order valence-electron chi connectivity index (χ2n) is 15.8. The molecule has 6 rings (SSSR count). The highest BCUT2D eigenvalue weighted by Gasteiger charge is 2.48. The Morgan fingerprint density at radius 1 is 1.09 bits per heavy atom. The summed E-state index contributed by atoms with van der Waals surface area (Å²) in [4.78, 5) is 24.7. The zero-order valence-corrected chi connectivity index (χ0v) is 34.5. The number of halogens is 1. The summed E-state index contributed by atoms with van der Waals surface area (Å²) in [5.74, 6) is 0.373. The van der Waals surface area contributed by atoms with Gasteiger partial charge in [-0.3, -0.25) is 14.7 Å².